The minimum Gasteiger partial charge on any atom is -0.457 e. The maximum absolute atomic E-state index is 12.9. The highest BCUT2D eigenvalue weighted by molar-refractivity contribution is 5.69. The molecule has 0 spiro atoms. The van der Waals surface area contributed by atoms with Gasteiger partial charge in [-0.3, -0.25) is 4.79 Å². The molecule has 0 saturated carbocycles. The van der Waals surface area contributed by atoms with E-state index in [9.17, 15) is 25.2 Å². The molecule has 402 valence electrons. The summed E-state index contributed by atoms with van der Waals surface area (Å²) in [6.45, 7) is 4.33. The minimum atomic E-state index is -1.54. The van der Waals surface area contributed by atoms with Crippen LogP contribution in [-0.4, -0.2) is 89.6 Å². The Balaban J connectivity index is 2.17. The molecule has 1 heterocycles. The zero-order valence-corrected chi connectivity index (χ0v) is 44.5. The lowest BCUT2D eigenvalue weighted by molar-refractivity contribution is -0.305. The number of rotatable bonds is 48. The van der Waals surface area contributed by atoms with E-state index in [1.165, 1.54) is 109 Å². The van der Waals surface area contributed by atoms with Crippen LogP contribution in [0.2, 0.25) is 0 Å². The van der Waals surface area contributed by atoms with E-state index in [-0.39, 0.29) is 19.2 Å². The third kappa shape index (κ3) is 40.7. The van der Waals surface area contributed by atoms with Gasteiger partial charge in [-0.2, -0.15) is 0 Å². The largest absolute Gasteiger partial charge is 0.457 e. The van der Waals surface area contributed by atoms with Gasteiger partial charge in [0, 0.05) is 13.0 Å². The van der Waals surface area contributed by atoms with Crippen molar-refractivity contribution in [2.24, 2.45) is 0 Å². The van der Waals surface area contributed by atoms with Crippen LogP contribution >= 0.6 is 0 Å². The Morgan fingerprint density at radius 3 is 1.24 bits per heavy atom. The fourth-order valence-corrected chi connectivity index (χ4v) is 8.18. The Morgan fingerprint density at radius 1 is 0.457 bits per heavy atom. The molecule has 0 aliphatic carbocycles. The van der Waals surface area contributed by atoms with Gasteiger partial charge in [-0.25, -0.2) is 0 Å². The lowest BCUT2D eigenvalue weighted by Crippen LogP contribution is -2.59. The second-order valence-corrected chi connectivity index (χ2v) is 19.0. The summed E-state index contributed by atoms with van der Waals surface area (Å²) in [6.07, 6.45) is 64.4. The molecule has 70 heavy (non-hydrogen) atoms. The van der Waals surface area contributed by atoms with E-state index >= 15 is 0 Å². The Morgan fingerprint density at radius 2 is 0.829 bits per heavy atom. The van der Waals surface area contributed by atoms with Crippen molar-refractivity contribution in [3.05, 3.63) is 97.2 Å². The molecule has 4 N–H and O–H groups in total. The van der Waals surface area contributed by atoms with Crippen molar-refractivity contribution in [2.45, 2.75) is 256 Å². The van der Waals surface area contributed by atoms with Crippen LogP contribution in [0.3, 0.4) is 0 Å². The van der Waals surface area contributed by atoms with Gasteiger partial charge in [0.15, 0.2) is 6.29 Å². The van der Waals surface area contributed by atoms with Gasteiger partial charge in [0.2, 0.25) is 0 Å². The Hall–Kier alpha value is -2.89. The molecule has 1 rings (SSSR count). The van der Waals surface area contributed by atoms with Gasteiger partial charge in [0.25, 0.3) is 0 Å². The van der Waals surface area contributed by atoms with Crippen LogP contribution in [0.25, 0.3) is 0 Å². The van der Waals surface area contributed by atoms with Crippen molar-refractivity contribution in [3.8, 4) is 0 Å². The van der Waals surface area contributed by atoms with E-state index in [4.69, 9.17) is 18.9 Å². The lowest BCUT2D eigenvalue weighted by atomic mass is 9.99. The lowest BCUT2D eigenvalue weighted by Gasteiger charge is -2.39. The monoisotopic (exact) mass is 981 g/mol. The van der Waals surface area contributed by atoms with Crippen LogP contribution in [0.1, 0.15) is 219 Å². The van der Waals surface area contributed by atoms with E-state index in [2.05, 4.69) is 111 Å². The Kier molecular flexibility index (Phi) is 47.5. The van der Waals surface area contributed by atoms with Gasteiger partial charge >= 0.3 is 5.97 Å². The number of ether oxygens (including phenoxy) is 4. The molecule has 1 aliphatic rings. The maximum atomic E-state index is 12.9. The summed E-state index contributed by atoms with van der Waals surface area (Å²) in [4.78, 5) is 12.9. The molecule has 0 aromatic heterocycles. The van der Waals surface area contributed by atoms with Crippen molar-refractivity contribution < 1.29 is 44.2 Å². The van der Waals surface area contributed by atoms with Crippen LogP contribution < -0.4 is 0 Å². The van der Waals surface area contributed by atoms with Gasteiger partial charge < -0.3 is 39.4 Å². The molecule has 0 bridgehead atoms. The summed E-state index contributed by atoms with van der Waals surface area (Å²) in [5, 5.41) is 40.4. The SMILES string of the molecule is CC/C=C\C/C=C\C/C=C\C/C=C\CCCCCCCCCCCCCCC(=O)OC(COCCCCCCCCCCC/C=C\C/C=C\C/C=C\C/C=C\CC)COC1OC(CO)C(O)C(O)C1O. The van der Waals surface area contributed by atoms with Crippen LogP contribution in [0.4, 0.5) is 0 Å². The molecular weight excluding hydrogens is 877 g/mol. The molecule has 0 radical (unpaired) electrons. The van der Waals surface area contributed by atoms with Crippen molar-refractivity contribution in [3.63, 3.8) is 0 Å². The first-order valence-electron chi connectivity index (χ1n) is 28.3. The van der Waals surface area contributed by atoms with Crippen molar-refractivity contribution in [1.29, 1.82) is 0 Å². The Labute approximate surface area is 428 Å². The molecular formula is C61H104O9. The normalized spacial score (nSPS) is 19.7. The average molecular weight is 981 g/mol. The maximum Gasteiger partial charge on any atom is 0.306 e. The highest BCUT2D eigenvalue weighted by Gasteiger charge is 2.44. The zero-order chi connectivity index (χ0) is 50.6. The summed E-state index contributed by atoms with van der Waals surface area (Å²) in [5.41, 5.74) is 0. The third-order valence-electron chi connectivity index (χ3n) is 12.5. The molecule has 6 unspecified atom stereocenters. The summed E-state index contributed by atoms with van der Waals surface area (Å²) in [6, 6.07) is 0. The first-order chi connectivity index (χ1) is 34.4. The minimum absolute atomic E-state index is 0.121. The van der Waals surface area contributed by atoms with Crippen molar-refractivity contribution in [2.75, 3.05) is 26.4 Å². The van der Waals surface area contributed by atoms with Gasteiger partial charge in [0.05, 0.1) is 19.8 Å². The number of carbonyl (C=O) groups is 1. The number of carbonyl (C=O) groups excluding carboxylic acids is 1. The highest BCUT2D eigenvalue weighted by atomic mass is 16.7. The molecule has 1 aliphatic heterocycles. The first-order valence-corrected chi connectivity index (χ1v) is 28.3. The second-order valence-electron chi connectivity index (χ2n) is 19.0. The van der Waals surface area contributed by atoms with E-state index < -0.39 is 43.4 Å². The molecule has 9 nitrogen and oxygen atoms in total. The van der Waals surface area contributed by atoms with E-state index in [1.54, 1.807) is 0 Å². The summed E-state index contributed by atoms with van der Waals surface area (Å²) in [7, 11) is 0. The van der Waals surface area contributed by atoms with Crippen molar-refractivity contribution >= 4 is 5.97 Å². The number of aliphatic hydroxyl groups excluding tert-OH is 4. The molecule has 0 aromatic rings. The molecule has 9 heteroatoms. The van der Waals surface area contributed by atoms with Crippen LogP contribution in [0.15, 0.2) is 97.2 Å². The molecule has 1 fully saturated rings. The Bertz CT molecular complexity index is 1390. The fraction of sp³-hybridized carbons (Fsp3) is 0.721. The van der Waals surface area contributed by atoms with Gasteiger partial charge in [-0.1, -0.05) is 220 Å². The van der Waals surface area contributed by atoms with E-state index in [0.717, 1.165) is 89.9 Å². The summed E-state index contributed by atoms with van der Waals surface area (Å²) >= 11 is 0. The fourth-order valence-electron chi connectivity index (χ4n) is 8.18. The molecule has 0 amide bonds. The van der Waals surface area contributed by atoms with Crippen LogP contribution in [-0.2, 0) is 23.7 Å². The van der Waals surface area contributed by atoms with Gasteiger partial charge in [0.1, 0.15) is 30.5 Å². The molecule has 0 aromatic carbocycles. The number of hydrogen-bond donors (Lipinski definition) is 4. The number of aliphatic hydroxyl groups is 4. The van der Waals surface area contributed by atoms with Crippen molar-refractivity contribution in [1.82, 2.24) is 0 Å². The van der Waals surface area contributed by atoms with Crippen LogP contribution in [0.5, 0.6) is 0 Å². The molecule has 6 atom stereocenters. The smallest absolute Gasteiger partial charge is 0.306 e. The van der Waals surface area contributed by atoms with Crippen LogP contribution in [0, 0.1) is 0 Å². The second kappa shape index (κ2) is 51.0. The summed E-state index contributed by atoms with van der Waals surface area (Å²) < 4.78 is 23.0. The van der Waals surface area contributed by atoms with Gasteiger partial charge in [-0.05, 0) is 89.9 Å². The average Bonchev–Trinajstić information content (AvgIpc) is 3.36. The highest BCUT2D eigenvalue weighted by Crippen LogP contribution is 2.23. The number of allylic oxidation sites excluding steroid dienone is 16. The summed E-state index contributed by atoms with van der Waals surface area (Å²) in [5.74, 6) is -0.320. The number of unbranched alkanes of at least 4 members (excludes halogenated alkanes) is 21. The quantitative estimate of drug-likeness (QED) is 0.0267. The zero-order valence-electron chi connectivity index (χ0n) is 44.5. The number of hydrogen-bond acceptors (Lipinski definition) is 9. The third-order valence-corrected chi connectivity index (χ3v) is 12.5. The predicted octanol–water partition coefficient (Wildman–Crippen LogP) is 14.7. The van der Waals surface area contributed by atoms with E-state index in [1.807, 2.05) is 0 Å². The van der Waals surface area contributed by atoms with E-state index in [0.29, 0.717) is 13.0 Å². The standard InChI is InChI=1S/C61H104O9/c1-3-5-7-9-11-13-15-17-19-21-23-25-27-28-29-30-32-34-36-38-40-42-44-46-48-50-57(63)69-55(54-68-61-60(66)59(65)58(64)56(52-62)70-61)53-67-51-49-47-45-43-41-39-37-35-33-31-26-24-22-20-18-16-14-12-10-8-6-4-2/h5-8,11-14,17-20,23-26,55-56,58-62,64-66H,3-4,9-10,15-16,21-22,27-54H2,1-2H3/b7-5-,8-6-,13-11-,14-12-,19-17-,20-18-,25-23-,26-24-. The number of esters is 1. The first kappa shape index (κ1) is 65.1. The molecule has 1 saturated heterocycles. The predicted molar refractivity (Wildman–Crippen MR) is 293 cm³/mol. The topological polar surface area (TPSA) is 135 Å². The van der Waals surface area contributed by atoms with Gasteiger partial charge in [-0.15, -0.1) is 0 Å².